The number of benzene rings is 1. The third-order valence-corrected chi connectivity index (χ3v) is 2.17. The molecule has 0 unspecified atom stereocenters. The summed E-state index contributed by atoms with van der Waals surface area (Å²) >= 11 is 0. The molecule has 15 heavy (non-hydrogen) atoms. The highest BCUT2D eigenvalue weighted by molar-refractivity contribution is 5.42. The van der Waals surface area contributed by atoms with E-state index in [9.17, 15) is 0 Å². The van der Waals surface area contributed by atoms with Crippen LogP contribution in [-0.2, 0) is 6.61 Å². The molecule has 0 saturated heterocycles. The average Bonchev–Trinajstić information content (AvgIpc) is 2.29. The van der Waals surface area contributed by atoms with Crippen molar-refractivity contribution in [2.75, 3.05) is 13.7 Å². The van der Waals surface area contributed by atoms with Gasteiger partial charge in [0.1, 0.15) is 0 Å². The number of aliphatic hydroxyl groups excluding tert-OH is 1. The fraction of sp³-hybridized carbons (Fsp3) is 0.500. The standard InChI is InChI=1S/C12H18O3/c1-3-4-7-15-12-8-10(9-13)5-6-11(12)14-2/h5-6,8,13H,3-4,7,9H2,1-2H3. The van der Waals surface area contributed by atoms with Crippen LogP contribution in [0.5, 0.6) is 11.5 Å². The lowest BCUT2D eigenvalue weighted by molar-refractivity contribution is 0.273. The summed E-state index contributed by atoms with van der Waals surface area (Å²) in [7, 11) is 1.61. The number of methoxy groups -OCH3 is 1. The first kappa shape index (κ1) is 11.9. The highest BCUT2D eigenvalue weighted by Crippen LogP contribution is 2.28. The molecule has 0 spiro atoms. The van der Waals surface area contributed by atoms with Crippen LogP contribution >= 0.6 is 0 Å². The summed E-state index contributed by atoms with van der Waals surface area (Å²) in [6, 6.07) is 5.45. The van der Waals surface area contributed by atoms with Crippen LogP contribution in [-0.4, -0.2) is 18.8 Å². The Morgan fingerprint density at radius 2 is 2.07 bits per heavy atom. The van der Waals surface area contributed by atoms with Gasteiger partial charge in [0.25, 0.3) is 0 Å². The molecule has 0 aliphatic heterocycles. The fourth-order valence-electron chi connectivity index (χ4n) is 1.26. The smallest absolute Gasteiger partial charge is 0.161 e. The van der Waals surface area contributed by atoms with Gasteiger partial charge in [-0.25, -0.2) is 0 Å². The molecule has 1 aromatic rings. The minimum atomic E-state index is 0.0220. The van der Waals surface area contributed by atoms with Crippen LogP contribution in [0.1, 0.15) is 25.3 Å². The largest absolute Gasteiger partial charge is 0.493 e. The lowest BCUT2D eigenvalue weighted by atomic mass is 10.2. The molecule has 0 fully saturated rings. The minimum absolute atomic E-state index is 0.0220. The van der Waals surface area contributed by atoms with Crippen molar-refractivity contribution in [1.29, 1.82) is 0 Å². The predicted molar refractivity (Wildman–Crippen MR) is 59.3 cm³/mol. The van der Waals surface area contributed by atoms with Crippen LogP contribution in [0.25, 0.3) is 0 Å². The van der Waals surface area contributed by atoms with Crippen LogP contribution < -0.4 is 9.47 Å². The Labute approximate surface area is 90.6 Å². The molecule has 1 aromatic carbocycles. The molecule has 3 heteroatoms. The van der Waals surface area contributed by atoms with Gasteiger partial charge in [0.15, 0.2) is 11.5 Å². The minimum Gasteiger partial charge on any atom is -0.493 e. The van der Waals surface area contributed by atoms with Crippen molar-refractivity contribution in [2.24, 2.45) is 0 Å². The van der Waals surface area contributed by atoms with E-state index < -0.39 is 0 Å². The molecule has 1 rings (SSSR count). The van der Waals surface area contributed by atoms with E-state index in [1.165, 1.54) is 0 Å². The Balaban J connectivity index is 2.72. The van der Waals surface area contributed by atoms with Crippen molar-refractivity contribution >= 4 is 0 Å². The van der Waals surface area contributed by atoms with E-state index in [0.717, 1.165) is 18.4 Å². The normalized spacial score (nSPS) is 10.1. The Bertz CT molecular complexity index is 297. The number of rotatable bonds is 6. The van der Waals surface area contributed by atoms with Gasteiger partial charge in [-0.15, -0.1) is 0 Å². The van der Waals surface area contributed by atoms with E-state index in [1.807, 2.05) is 18.2 Å². The summed E-state index contributed by atoms with van der Waals surface area (Å²) in [5.41, 5.74) is 0.835. The molecule has 0 heterocycles. The molecule has 0 saturated carbocycles. The summed E-state index contributed by atoms with van der Waals surface area (Å²) in [5, 5.41) is 9.00. The zero-order chi connectivity index (χ0) is 11.1. The number of aliphatic hydroxyl groups is 1. The maximum Gasteiger partial charge on any atom is 0.161 e. The zero-order valence-electron chi connectivity index (χ0n) is 9.32. The van der Waals surface area contributed by atoms with Crippen molar-refractivity contribution in [3.63, 3.8) is 0 Å². The summed E-state index contributed by atoms with van der Waals surface area (Å²) in [5.74, 6) is 1.42. The molecule has 1 N–H and O–H groups in total. The second-order valence-corrected chi connectivity index (χ2v) is 3.35. The van der Waals surface area contributed by atoms with E-state index in [-0.39, 0.29) is 6.61 Å². The summed E-state index contributed by atoms with van der Waals surface area (Å²) in [4.78, 5) is 0. The van der Waals surface area contributed by atoms with Gasteiger partial charge >= 0.3 is 0 Å². The number of ether oxygens (including phenoxy) is 2. The molecule has 3 nitrogen and oxygen atoms in total. The second-order valence-electron chi connectivity index (χ2n) is 3.35. The number of hydrogen-bond donors (Lipinski definition) is 1. The molecule has 84 valence electrons. The van der Waals surface area contributed by atoms with Gasteiger partial charge in [-0.3, -0.25) is 0 Å². The molecule has 0 radical (unpaired) electrons. The van der Waals surface area contributed by atoms with Crippen molar-refractivity contribution in [2.45, 2.75) is 26.4 Å². The monoisotopic (exact) mass is 210 g/mol. The first-order chi connectivity index (χ1) is 7.31. The summed E-state index contributed by atoms with van der Waals surface area (Å²) < 4.78 is 10.7. The van der Waals surface area contributed by atoms with E-state index >= 15 is 0 Å². The number of hydrogen-bond acceptors (Lipinski definition) is 3. The Morgan fingerprint density at radius 1 is 1.27 bits per heavy atom. The quantitative estimate of drug-likeness (QED) is 0.732. The van der Waals surface area contributed by atoms with E-state index in [0.29, 0.717) is 18.1 Å². The van der Waals surface area contributed by atoms with Gasteiger partial charge in [-0.2, -0.15) is 0 Å². The van der Waals surface area contributed by atoms with Gasteiger partial charge in [-0.05, 0) is 24.1 Å². The molecule has 0 aliphatic rings. The van der Waals surface area contributed by atoms with Crippen LogP contribution in [0.15, 0.2) is 18.2 Å². The Kier molecular flexibility index (Phi) is 4.98. The van der Waals surface area contributed by atoms with Gasteiger partial charge in [0, 0.05) is 0 Å². The first-order valence-electron chi connectivity index (χ1n) is 5.22. The Morgan fingerprint density at radius 3 is 2.67 bits per heavy atom. The van der Waals surface area contributed by atoms with Gasteiger partial charge in [0.2, 0.25) is 0 Å². The van der Waals surface area contributed by atoms with Crippen molar-refractivity contribution in [3.8, 4) is 11.5 Å². The summed E-state index contributed by atoms with van der Waals surface area (Å²) in [6.45, 7) is 2.82. The highest BCUT2D eigenvalue weighted by Gasteiger charge is 2.04. The molecule has 0 aliphatic carbocycles. The molecule has 0 amide bonds. The van der Waals surface area contributed by atoms with Crippen molar-refractivity contribution in [1.82, 2.24) is 0 Å². The maximum atomic E-state index is 9.00. The molecule has 0 atom stereocenters. The van der Waals surface area contributed by atoms with Crippen molar-refractivity contribution < 1.29 is 14.6 Å². The van der Waals surface area contributed by atoms with Crippen LogP contribution in [0.3, 0.4) is 0 Å². The van der Waals surface area contributed by atoms with Crippen LogP contribution in [0, 0.1) is 0 Å². The van der Waals surface area contributed by atoms with Gasteiger partial charge in [-0.1, -0.05) is 19.4 Å². The van der Waals surface area contributed by atoms with Crippen LogP contribution in [0.4, 0.5) is 0 Å². The SMILES string of the molecule is CCCCOc1cc(CO)ccc1OC. The lowest BCUT2D eigenvalue weighted by Gasteiger charge is -2.11. The van der Waals surface area contributed by atoms with Crippen molar-refractivity contribution in [3.05, 3.63) is 23.8 Å². The highest BCUT2D eigenvalue weighted by atomic mass is 16.5. The lowest BCUT2D eigenvalue weighted by Crippen LogP contribution is -1.99. The molecule has 0 bridgehead atoms. The fourth-order valence-corrected chi connectivity index (χ4v) is 1.26. The second kappa shape index (κ2) is 6.30. The van der Waals surface area contributed by atoms with Gasteiger partial charge in [0.05, 0.1) is 20.3 Å². The first-order valence-corrected chi connectivity index (χ1v) is 5.22. The topological polar surface area (TPSA) is 38.7 Å². The average molecular weight is 210 g/mol. The van der Waals surface area contributed by atoms with Gasteiger partial charge < -0.3 is 14.6 Å². The number of unbranched alkanes of at least 4 members (excludes halogenated alkanes) is 1. The van der Waals surface area contributed by atoms with E-state index in [2.05, 4.69) is 6.92 Å². The molecular formula is C12H18O3. The van der Waals surface area contributed by atoms with Crippen LogP contribution in [0.2, 0.25) is 0 Å². The maximum absolute atomic E-state index is 9.00. The molecule has 0 aromatic heterocycles. The predicted octanol–water partition coefficient (Wildman–Crippen LogP) is 2.37. The zero-order valence-corrected chi connectivity index (χ0v) is 9.32. The van der Waals surface area contributed by atoms with E-state index in [4.69, 9.17) is 14.6 Å². The summed E-state index contributed by atoms with van der Waals surface area (Å²) in [6.07, 6.45) is 2.12. The molecular weight excluding hydrogens is 192 g/mol. The van der Waals surface area contributed by atoms with E-state index in [1.54, 1.807) is 7.11 Å². The third-order valence-electron chi connectivity index (χ3n) is 2.17. The Hall–Kier alpha value is -1.22. The third kappa shape index (κ3) is 3.44.